The maximum Gasteiger partial charge on any atom is 0.304 e. The Morgan fingerprint density at radius 2 is 2.37 bits per heavy atom. The molecule has 0 aliphatic heterocycles. The molecule has 2 aromatic heterocycles. The molecule has 0 saturated heterocycles. The van der Waals surface area contributed by atoms with E-state index < -0.39 is 0 Å². The summed E-state index contributed by atoms with van der Waals surface area (Å²) in [5.41, 5.74) is 1.34. The van der Waals surface area contributed by atoms with E-state index in [1.165, 1.54) is 0 Å². The Bertz CT molecular complexity index is 629. The number of nitrogens with zero attached hydrogens (tertiary/aromatic N) is 1. The third-order valence-corrected chi connectivity index (χ3v) is 3.72. The highest BCUT2D eigenvalue weighted by atomic mass is 79.9. The Kier molecular flexibility index (Phi) is 4.60. The average molecular weight is 344 g/mol. The Morgan fingerprint density at radius 1 is 1.58 bits per heavy atom. The minimum atomic E-state index is -0.147. The predicted octanol–water partition coefficient (Wildman–Crippen LogP) is 2.34. The zero-order valence-corrected chi connectivity index (χ0v) is 12.8. The molecule has 0 aliphatic rings. The van der Waals surface area contributed by atoms with Crippen molar-refractivity contribution in [1.29, 1.82) is 0 Å². The second-order valence-corrected chi connectivity index (χ2v) is 5.85. The van der Waals surface area contributed by atoms with E-state index in [-0.39, 0.29) is 10.8 Å². The van der Waals surface area contributed by atoms with E-state index in [4.69, 9.17) is 0 Å². The number of H-pyrrole nitrogens is 1. The van der Waals surface area contributed by atoms with Gasteiger partial charge in [0.05, 0.1) is 6.54 Å². The summed E-state index contributed by atoms with van der Waals surface area (Å²) in [4.78, 5) is 25.6. The van der Waals surface area contributed by atoms with Crippen LogP contribution in [0.5, 0.6) is 0 Å². The summed E-state index contributed by atoms with van der Waals surface area (Å²) in [6, 6.07) is 1.79. The standard InChI is InChI=1S/C12H14BrN3O2S/c1-2-3-16-6-8(13)4-10(16)11(17)14-5-9-7-19-12(18)15-9/h4,6-7H,2-3,5H2,1H3,(H,14,17)(H,15,18). The first-order valence-electron chi connectivity index (χ1n) is 5.90. The molecule has 2 N–H and O–H groups in total. The van der Waals surface area contributed by atoms with Crippen molar-refractivity contribution in [3.8, 4) is 0 Å². The molecular formula is C12H14BrN3O2S. The van der Waals surface area contributed by atoms with Crippen molar-refractivity contribution in [2.75, 3.05) is 0 Å². The number of aromatic nitrogens is 2. The van der Waals surface area contributed by atoms with Gasteiger partial charge in [-0.25, -0.2) is 0 Å². The van der Waals surface area contributed by atoms with Crippen LogP contribution in [0.4, 0.5) is 0 Å². The molecule has 7 heteroatoms. The summed E-state index contributed by atoms with van der Waals surface area (Å²) >= 11 is 4.47. The molecule has 1 amide bonds. The molecule has 0 aromatic carbocycles. The van der Waals surface area contributed by atoms with Gasteiger partial charge in [0, 0.05) is 28.3 Å². The second-order valence-electron chi connectivity index (χ2n) is 4.09. The van der Waals surface area contributed by atoms with E-state index in [1.54, 1.807) is 11.4 Å². The van der Waals surface area contributed by atoms with Gasteiger partial charge in [0.1, 0.15) is 5.69 Å². The molecule has 0 saturated carbocycles. The normalized spacial score (nSPS) is 10.6. The van der Waals surface area contributed by atoms with Gasteiger partial charge in [-0.15, -0.1) is 0 Å². The third-order valence-electron chi connectivity index (χ3n) is 2.57. The van der Waals surface area contributed by atoms with Crippen molar-refractivity contribution >= 4 is 33.2 Å². The van der Waals surface area contributed by atoms with Gasteiger partial charge in [-0.3, -0.25) is 9.59 Å². The van der Waals surface area contributed by atoms with Gasteiger partial charge in [0.15, 0.2) is 0 Å². The molecule has 0 atom stereocenters. The molecule has 0 aliphatic carbocycles. The molecule has 0 radical (unpaired) electrons. The summed E-state index contributed by atoms with van der Waals surface area (Å²) in [6.45, 7) is 3.18. The SMILES string of the molecule is CCCn1cc(Br)cc1C(=O)NCc1csc(=O)[nH]1. The van der Waals surface area contributed by atoms with Crippen molar-refractivity contribution in [1.82, 2.24) is 14.9 Å². The number of thiazole rings is 1. The number of carbonyl (C=O) groups is 1. The van der Waals surface area contributed by atoms with Crippen LogP contribution < -0.4 is 10.2 Å². The first-order valence-corrected chi connectivity index (χ1v) is 7.58. The number of carbonyl (C=O) groups excluding carboxylic acids is 1. The molecule has 0 unspecified atom stereocenters. The predicted molar refractivity (Wildman–Crippen MR) is 78.5 cm³/mol. The van der Waals surface area contributed by atoms with Crippen LogP contribution in [-0.4, -0.2) is 15.5 Å². The molecule has 0 spiro atoms. The molecule has 2 heterocycles. The quantitative estimate of drug-likeness (QED) is 0.874. The van der Waals surface area contributed by atoms with Gasteiger partial charge in [0.2, 0.25) is 0 Å². The molecule has 2 aromatic rings. The highest BCUT2D eigenvalue weighted by Crippen LogP contribution is 2.15. The lowest BCUT2D eigenvalue weighted by atomic mass is 10.3. The number of halogens is 1. The van der Waals surface area contributed by atoms with Crippen molar-refractivity contribution in [2.45, 2.75) is 26.4 Å². The Hall–Kier alpha value is -1.34. The fourth-order valence-electron chi connectivity index (χ4n) is 1.76. The van der Waals surface area contributed by atoms with Crippen LogP contribution in [0, 0.1) is 0 Å². The van der Waals surface area contributed by atoms with E-state index in [9.17, 15) is 9.59 Å². The molecule has 2 rings (SSSR count). The maximum atomic E-state index is 12.1. The number of hydrogen-bond acceptors (Lipinski definition) is 3. The topological polar surface area (TPSA) is 66.9 Å². The minimum Gasteiger partial charge on any atom is -0.345 e. The summed E-state index contributed by atoms with van der Waals surface area (Å²) in [7, 11) is 0. The zero-order valence-electron chi connectivity index (χ0n) is 10.4. The van der Waals surface area contributed by atoms with E-state index in [0.717, 1.165) is 34.5 Å². The van der Waals surface area contributed by atoms with Gasteiger partial charge in [-0.05, 0) is 28.4 Å². The number of amides is 1. The highest BCUT2D eigenvalue weighted by Gasteiger charge is 2.12. The van der Waals surface area contributed by atoms with Crippen LogP contribution in [0.3, 0.4) is 0 Å². The van der Waals surface area contributed by atoms with Crippen molar-refractivity contribution in [2.24, 2.45) is 0 Å². The summed E-state index contributed by atoms with van der Waals surface area (Å²) in [5.74, 6) is -0.147. The fourth-order valence-corrected chi connectivity index (χ4v) is 2.80. The average Bonchev–Trinajstić information content (AvgIpc) is 2.93. The van der Waals surface area contributed by atoms with E-state index in [0.29, 0.717) is 12.2 Å². The molecule has 0 fully saturated rings. The van der Waals surface area contributed by atoms with E-state index in [2.05, 4.69) is 33.2 Å². The van der Waals surface area contributed by atoms with Gasteiger partial charge < -0.3 is 14.9 Å². The molecular weight excluding hydrogens is 330 g/mol. The summed E-state index contributed by atoms with van der Waals surface area (Å²) in [6.07, 6.45) is 2.85. The molecule has 5 nitrogen and oxygen atoms in total. The van der Waals surface area contributed by atoms with Gasteiger partial charge in [0.25, 0.3) is 5.91 Å². The van der Waals surface area contributed by atoms with Gasteiger partial charge in [-0.1, -0.05) is 18.3 Å². The van der Waals surface area contributed by atoms with Crippen molar-refractivity contribution < 1.29 is 4.79 Å². The van der Waals surface area contributed by atoms with Crippen LogP contribution in [0.2, 0.25) is 0 Å². The Morgan fingerprint density at radius 3 is 3.00 bits per heavy atom. The maximum absolute atomic E-state index is 12.1. The first kappa shape index (κ1) is 14.1. The van der Waals surface area contributed by atoms with Crippen LogP contribution in [0.15, 0.2) is 26.9 Å². The monoisotopic (exact) mass is 343 g/mol. The van der Waals surface area contributed by atoms with E-state index >= 15 is 0 Å². The number of hydrogen-bond donors (Lipinski definition) is 2. The first-order chi connectivity index (χ1) is 9.10. The van der Waals surface area contributed by atoms with Crippen molar-refractivity contribution in [3.63, 3.8) is 0 Å². The van der Waals surface area contributed by atoms with Crippen LogP contribution in [-0.2, 0) is 13.1 Å². The molecule has 0 bridgehead atoms. The largest absolute Gasteiger partial charge is 0.345 e. The number of rotatable bonds is 5. The zero-order chi connectivity index (χ0) is 13.8. The second kappa shape index (κ2) is 6.21. The lowest BCUT2D eigenvalue weighted by molar-refractivity contribution is 0.0941. The smallest absolute Gasteiger partial charge is 0.304 e. The molecule has 102 valence electrons. The van der Waals surface area contributed by atoms with Crippen molar-refractivity contribution in [3.05, 3.63) is 43.2 Å². The van der Waals surface area contributed by atoms with Gasteiger partial charge in [-0.2, -0.15) is 0 Å². The highest BCUT2D eigenvalue weighted by molar-refractivity contribution is 9.10. The Balaban J connectivity index is 2.05. The number of aryl methyl sites for hydroxylation is 1. The third kappa shape index (κ3) is 3.57. The van der Waals surface area contributed by atoms with E-state index in [1.807, 2.05) is 10.8 Å². The summed E-state index contributed by atoms with van der Waals surface area (Å²) in [5, 5.41) is 4.51. The number of nitrogens with one attached hydrogen (secondary N) is 2. The Labute approximate surface area is 122 Å². The number of aromatic amines is 1. The van der Waals surface area contributed by atoms with Crippen LogP contribution >= 0.6 is 27.3 Å². The lowest BCUT2D eigenvalue weighted by Crippen LogP contribution is -2.25. The van der Waals surface area contributed by atoms with Crippen LogP contribution in [0.1, 0.15) is 29.5 Å². The minimum absolute atomic E-state index is 0.110. The molecule has 19 heavy (non-hydrogen) atoms. The lowest BCUT2D eigenvalue weighted by Gasteiger charge is -2.07. The fraction of sp³-hybridized carbons (Fsp3) is 0.333. The summed E-state index contributed by atoms with van der Waals surface area (Å²) < 4.78 is 2.80. The van der Waals surface area contributed by atoms with Crippen LogP contribution in [0.25, 0.3) is 0 Å². The van der Waals surface area contributed by atoms with Gasteiger partial charge >= 0.3 is 4.87 Å².